The highest BCUT2D eigenvalue weighted by Gasteiger charge is 2.21. The van der Waals surface area contributed by atoms with Crippen LogP contribution in [0.25, 0.3) is 28.0 Å². The van der Waals surface area contributed by atoms with Crippen molar-refractivity contribution in [1.29, 1.82) is 0 Å². The summed E-state index contributed by atoms with van der Waals surface area (Å²) in [6.45, 7) is 5.89. The number of amides is 1. The van der Waals surface area contributed by atoms with Crippen molar-refractivity contribution >= 4 is 34.3 Å². The molecule has 4 aromatic rings. The molecular formula is C30H33N7O2. The number of carbonyl (C=O) groups excluding carboxylic acids is 1. The molecule has 0 fully saturated rings. The maximum Gasteiger partial charge on any atom is 0.275 e. The van der Waals surface area contributed by atoms with Gasteiger partial charge in [-0.2, -0.15) is 5.10 Å². The zero-order valence-corrected chi connectivity index (χ0v) is 22.6. The molecule has 3 heterocycles. The number of nitrogens with zero attached hydrogens (tertiary/aromatic N) is 6. The van der Waals surface area contributed by atoms with Gasteiger partial charge in [-0.1, -0.05) is 32.0 Å². The van der Waals surface area contributed by atoms with E-state index in [1.54, 1.807) is 12.4 Å². The molecular weight excluding hydrogens is 490 g/mol. The van der Waals surface area contributed by atoms with Gasteiger partial charge in [0.15, 0.2) is 0 Å². The van der Waals surface area contributed by atoms with E-state index < -0.39 is 0 Å². The highest BCUT2D eigenvalue weighted by molar-refractivity contribution is 6.05. The SMILES string of the molecule is CCCN(CCC)C(=O)C1=Cc2ccc(-c3ccc4c(=O)n(Cc5nccn5C)ncc4c3)cc2N=C(N)C1. The minimum absolute atomic E-state index is 0.0179. The van der Waals surface area contributed by atoms with Crippen molar-refractivity contribution in [2.75, 3.05) is 13.1 Å². The Morgan fingerprint density at radius 1 is 1.08 bits per heavy atom. The van der Waals surface area contributed by atoms with Crippen molar-refractivity contribution < 1.29 is 4.79 Å². The van der Waals surface area contributed by atoms with Crippen molar-refractivity contribution in [3.63, 3.8) is 0 Å². The largest absolute Gasteiger partial charge is 0.387 e. The van der Waals surface area contributed by atoms with Crippen LogP contribution in [0.2, 0.25) is 0 Å². The maximum absolute atomic E-state index is 13.3. The standard InChI is InChI=1S/C30H33N7O2/c1-4-11-36(12-5-2)29(38)23-15-22-7-6-21(16-26(22)34-27(31)17-23)20-8-9-25-24(14-20)18-33-37(30(25)39)19-28-32-10-13-35(28)3/h6-10,13-16,18H,4-5,11-12,17,19H2,1-3H3,(H2,31,34). The van der Waals surface area contributed by atoms with E-state index in [1.165, 1.54) is 4.68 Å². The number of hydrogen-bond acceptors (Lipinski definition) is 6. The molecule has 0 spiro atoms. The fourth-order valence-electron chi connectivity index (χ4n) is 4.93. The molecule has 0 bridgehead atoms. The average molecular weight is 524 g/mol. The van der Waals surface area contributed by atoms with Gasteiger partial charge in [0.05, 0.1) is 17.3 Å². The molecule has 0 radical (unpaired) electrons. The highest BCUT2D eigenvalue weighted by Crippen LogP contribution is 2.33. The Bertz CT molecular complexity index is 1660. The molecule has 2 aromatic heterocycles. The van der Waals surface area contributed by atoms with Gasteiger partial charge in [0, 0.05) is 55.5 Å². The fraction of sp³-hybridized carbons (Fsp3) is 0.300. The molecule has 0 atom stereocenters. The Labute approximate surface area is 227 Å². The summed E-state index contributed by atoms with van der Waals surface area (Å²) in [6.07, 6.45) is 9.30. The third-order valence-corrected chi connectivity index (χ3v) is 6.94. The molecule has 0 unspecified atom stereocenters. The second kappa shape index (κ2) is 11.1. The van der Waals surface area contributed by atoms with Crippen LogP contribution >= 0.6 is 0 Å². The predicted molar refractivity (Wildman–Crippen MR) is 155 cm³/mol. The number of carbonyl (C=O) groups is 1. The van der Waals surface area contributed by atoms with Crippen LogP contribution in [-0.2, 0) is 18.4 Å². The Morgan fingerprint density at radius 3 is 2.54 bits per heavy atom. The van der Waals surface area contributed by atoms with Gasteiger partial charge >= 0.3 is 0 Å². The van der Waals surface area contributed by atoms with Gasteiger partial charge in [-0.3, -0.25) is 9.59 Å². The van der Waals surface area contributed by atoms with E-state index in [-0.39, 0.29) is 11.5 Å². The second-order valence-corrected chi connectivity index (χ2v) is 9.88. The van der Waals surface area contributed by atoms with Crippen LogP contribution in [0.15, 0.2) is 70.3 Å². The first-order valence-corrected chi connectivity index (χ1v) is 13.3. The first-order valence-electron chi connectivity index (χ1n) is 13.3. The number of fused-ring (bicyclic) bond motifs is 2. The van der Waals surface area contributed by atoms with Gasteiger partial charge in [-0.05, 0) is 48.2 Å². The summed E-state index contributed by atoms with van der Waals surface area (Å²) in [7, 11) is 1.89. The number of hydrogen-bond donors (Lipinski definition) is 1. The van der Waals surface area contributed by atoms with Crippen molar-refractivity contribution in [2.45, 2.75) is 39.7 Å². The molecule has 0 aliphatic carbocycles. The lowest BCUT2D eigenvalue weighted by atomic mass is 9.99. The van der Waals surface area contributed by atoms with Crippen LogP contribution in [0.1, 0.15) is 44.5 Å². The van der Waals surface area contributed by atoms with E-state index >= 15 is 0 Å². The summed E-state index contributed by atoms with van der Waals surface area (Å²) >= 11 is 0. The lowest BCUT2D eigenvalue weighted by Crippen LogP contribution is -2.34. The smallest absolute Gasteiger partial charge is 0.275 e. The molecule has 1 aliphatic heterocycles. The van der Waals surface area contributed by atoms with Crippen molar-refractivity contribution in [3.8, 4) is 11.1 Å². The molecule has 9 nitrogen and oxygen atoms in total. The van der Waals surface area contributed by atoms with Gasteiger partial charge < -0.3 is 15.2 Å². The Kier molecular flexibility index (Phi) is 7.40. The van der Waals surface area contributed by atoms with E-state index in [4.69, 9.17) is 5.73 Å². The number of benzene rings is 2. The second-order valence-electron chi connectivity index (χ2n) is 9.88. The highest BCUT2D eigenvalue weighted by atomic mass is 16.2. The average Bonchev–Trinajstić information content (AvgIpc) is 3.25. The van der Waals surface area contributed by atoms with Crippen LogP contribution in [0, 0.1) is 0 Å². The Balaban J connectivity index is 1.46. The monoisotopic (exact) mass is 523 g/mol. The van der Waals surface area contributed by atoms with Crippen LogP contribution < -0.4 is 11.3 Å². The minimum atomic E-state index is -0.163. The quantitative estimate of drug-likeness (QED) is 0.371. The minimum Gasteiger partial charge on any atom is -0.387 e. The zero-order valence-electron chi connectivity index (χ0n) is 22.6. The lowest BCUT2D eigenvalue weighted by molar-refractivity contribution is -0.127. The first-order chi connectivity index (χ1) is 18.9. The summed E-state index contributed by atoms with van der Waals surface area (Å²) in [5.41, 5.74) is 10.2. The number of aromatic nitrogens is 4. The summed E-state index contributed by atoms with van der Waals surface area (Å²) in [5.74, 6) is 1.19. The number of nitrogens with two attached hydrogens (primary N) is 1. The molecule has 2 aromatic carbocycles. The van der Waals surface area contributed by atoms with Gasteiger partial charge in [-0.15, -0.1) is 0 Å². The van der Waals surface area contributed by atoms with Gasteiger partial charge in [0.1, 0.15) is 18.2 Å². The fourth-order valence-corrected chi connectivity index (χ4v) is 4.93. The maximum atomic E-state index is 13.3. The van der Waals surface area contributed by atoms with Crippen molar-refractivity contribution in [1.82, 2.24) is 24.2 Å². The third-order valence-electron chi connectivity index (χ3n) is 6.94. The number of rotatable bonds is 8. The van der Waals surface area contributed by atoms with Gasteiger partial charge in [0.2, 0.25) is 5.91 Å². The number of aliphatic imine (C=N–C) groups is 1. The topological polar surface area (TPSA) is 111 Å². The van der Waals surface area contributed by atoms with Crippen molar-refractivity contribution in [2.24, 2.45) is 17.8 Å². The summed E-state index contributed by atoms with van der Waals surface area (Å²) in [4.78, 5) is 37.2. The summed E-state index contributed by atoms with van der Waals surface area (Å²) in [5, 5.41) is 5.73. The Morgan fingerprint density at radius 2 is 1.82 bits per heavy atom. The van der Waals surface area contributed by atoms with E-state index in [0.29, 0.717) is 35.4 Å². The van der Waals surface area contributed by atoms with E-state index in [1.807, 2.05) is 65.2 Å². The van der Waals surface area contributed by atoms with Crippen molar-refractivity contribution in [3.05, 3.63) is 82.3 Å². The van der Waals surface area contributed by atoms with E-state index in [0.717, 1.165) is 53.8 Å². The lowest BCUT2D eigenvalue weighted by Gasteiger charge is -2.22. The number of aryl methyl sites for hydroxylation is 1. The first kappa shape index (κ1) is 26.1. The molecule has 1 aliphatic rings. The molecule has 200 valence electrons. The van der Waals surface area contributed by atoms with E-state index in [2.05, 4.69) is 28.9 Å². The van der Waals surface area contributed by atoms with Crippen LogP contribution in [0.5, 0.6) is 0 Å². The third kappa shape index (κ3) is 5.38. The van der Waals surface area contributed by atoms with Gasteiger partial charge in [0.25, 0.3) is 5.56 Å². The van der Waals surface area contributed by atoms with E-state index in [9.17, 15) is 9.59 Å². The number of amidine groups is 1. The molecule has 5 rings (SSSR count). The van der Waals surface area contributed by atoms with Crippen LogP contribution in [-0.4, -0.2) is 49.1 Å². The number of imidazole rings is 1. The molecule has 1 amide bonds. The Hall–Kier alpha value is -4.53. The summed E-state index contributed by atoms with van der Waals surface area (Å²) < 4.78 is 3.30. The predicted octanol–water partition coefficient (Wildman–Crippen LogP) is 4.27. The van der Waals surface area contributed by atoms with Crippen LogP contribution in [0.3, 0.4) is 0 Å². The molecule has 9 heteroatoms. The zero-order chi connectivity index (χ0) is 27.5. The summed E-state index contributed by atoms with van der Waals surface area (Å²) in [6, 6.07) is 11.7. The van der Waals surface area contributed by atoms with Gasteiger partial charge in [-0.25, -0.2) is 14.7 Å². The molecule has 0 saturated carbocycles. The molecule has 39 heavy (non-hydrogen) atoms. The normalized spacial score (nSPS) is 13.0. The van der Waals surface area contributed by atoms with Crippen LogP contribution in [0.4, 0.5) is 5.69 Å². The molecule has 2 N–H and O–H groups in total. The molecule has 0 saturated heterocycles.